The highest BCUT2D eigenvalue weighted by Crippen LogP contribution is 2.24. The zero-order valence-electron chi connectivity index (χ0n) is 10.7. The quantitative estimate of drug-likeness (QED) is 0.869. The molecule has 5 nitrogen and oxygen atoms in total. The molecule has 2 aromatic heterocycles. The molecule has 0 bridgehead atoms. The molecule has 1 unspecified atom stereocenters. The smallest absolute Gasteiger partial charge is 0.141 e. The Balaban J connectivity index is 2.19. The maximum absolute atomic E-state index is 6.23. The highest BCUT2D eigenvalue weighted by Gasteiger charge is 2.14. The summed E-state index contributed by atoms with van der Waals surface area (Å²) in [6.07, 6.45) is 7.86. The zero-order valence-corrected chi connectivity index (χ0v) is 10.7. The molecule has 0 radical (unpaired) electrons. The lowest BCUT2D eigenvalue weighted by Crippen LogP contribution is -2.17. The lowest BCUT2D eigenvalue weighted by atomic mass is 10.0. The lowest BCUT2D eigenvalue weighted by molar-refractivity contribution is 0.403. The fourth-order valence-corrected chi connectivity index (χ4v) is 1.99. The van der Waals surface area contributed by atoms with Crippen LogP contribution in [0.25, 0.3) is 0 Å². The molecule has 0 aliphatic carbocycles. The van der Waals surface area contributed by atoms with Crippen LogP contribution in [0.5, 0.6) is 5.75 Å². The van der Waals surface area contributed by atoms with Gasteiger partial charge in [-0.15, -0.1) is 0 Å². The van der Waals surface area contributed by atoms with Gasteiger partial charge in [-0.3, -0.25) is 4.98 Å². The summed E-state index contributed by atoms with van der Waals surface area (Å²) in [5.74, 6) is 1.71. The molecule has 0 aliphatic heterocycles. The van der Waals surface area contributed by atoms with Crippen LogP contribution < -0.4 is 10.5 Å². The van der Waals surface area contributed by atoms with Gasteiger partial charge >= 0.3 is 0 Å². The number of methoxy groups -OCH3 is 1. The van der Waals surface area contributed by atoms with Crippen LogP contribution in [0.4, 0.5) is 0 Å². The third kappa shape index (κ3) is 2.51. The molecule has 96 valence electrons. The van der Waals surface area contributed by atoms with Gasteiger partial charge in [0.2, 0.25) is 0 Å². The fraction of sp³-hybridized carbons (Fsp3) is 0.385. The average molecular weight is 246 g/mol. The number of aromatic nitrogens is 3. The number of nitrogens with two attached hydrogens (primary N) is 1. The number of ether oxygens (including phenoxy) is 1. The average Bonchev–Trinajstić information content (AvgIpc) is 2.85. The van der Waals surface area contributed by atoms with Crippen molar-refractivity contribution < 1.29 is 4.74 Å². The minimum atomic E-state index is -0.143. The molecule has 0 aliphatic rings. The largest absolute Gasteiger partial charge is 0.495 e. The van der Waals surface area contributed by atoms with Gasteiger partial charge in [-0.1, -0.05) is 0 Å². The van der Waals surface area contributed by atoms with Crippen molar-refractivity contribution in [1.29, 1.82) is 0 Å². The normalized spacial score (nSPS) is 12.4. The number of pyridine rings is 1. The molecule has 2 aromatic rings. The van der Waals surface area contributed by atoms with E-state index in [9.17, 15) is 0 Å². The summed E-state index contributed by atoms with van der Waals surface area (Å²) in [5.41, 5.74) is 7.18. The van der Waals surface area contributed by atoms with Crippen LogP contribution in [0.2, 0.25) is 0 Å². The topological polar surface area (TPSA) is 66.0 Å². The van der Waals surface area contributed by atoms with E-state index >= 15 is 0 Å². The van der Waals surface area contributed by atoms with E-state index in [1.54, 1.807) is 25.7 Å². The maximum atomic E-state index is 6.23. The number of imidazole rings is 1. The molecule has 2 rings (SSSR count). The molecule has 0 spiro atoms. The first-order valence-electron chi connectivity index (χ1n) is 5.99. The Morgan fingerprint density at radius 1 is 1.44 bits per heavy atom. The highest BCUT2D eigenvalue weighted by molar-refractivity contribution is 5.33. The van der Waals surface area contributed by atoms with Gasteiger partial charge in [0.25, 0.3) is 0 Å². The summed E-state index contributed by atoms with van der Waals surface area (Å²) in [7, 11) is 1.63. The Bertz CT molecular complexity index is 509. The van der Waals surface area contributed by atoms with Gasteiger partial charge in [0.15, 0.2) is 0 Å². The first-order chi connectivity index (χ1) is 8.76. The van der Waals surface area contributed by atoms with Crippen molar-refractivity contribution >= 4 is 0 Å². The Hall–Kier alpha value is -1.88. The van der Waals surface area contributed by atoms with E-state index in [1.165, 1.54) is 0 Å². The van der Waals surface area contributed by atoms with Gasteiger partial charge < -0.3 is 15.0 Å². The van der Waals surface area contributed by atoms with Gasteiger partial charge in [-0.2, -0.15) is 0 Å². The minimum absolute atomic E-state index is 0.143. The first kappa shape index (κ1) is 12.6. The molecule has 0 amide bonds. The van der Waals surface area contributed by atoms with Crippen molar-refractivity contribution in [3.05, 3.63) is 42.2 Å². The van der Waals surface area contributed by atoms with Crippen molar-refractivity contribution in [3.63, 3.8) is 0 Å². The molecular weight excluding hydrogens is 228 g/mol. The van der Waals surface area contributed by atoms with Crippen LogP contribution >= 0.6 is 0 Å². The number of nitrogens with zero attached hydrogens (tertiary/aromatic N) is 3. The Kier molecular flexibility index (Phi) is 3.94. The van der Waals surface area contributed by atoms with Gasteiger partial charge in [0, 0.05) is 43.2 Å². The summed E-state index contributed by atoms with van der Waals surface area (Å²) >= 11 is 0. The fourth-order valence-electron chi connectivity index (χ4n) is 1.99. The van der Waals surface area contributed by atoms with Gasteiger partial charge in [0.1, 0.15) is 11.6 Å². The van der Waals surface area contributed by atoms with E-state index in [-0.39, 0.29) is 6.04 Å². The SMILES string of the molecule is CCn1ccnc1CC(N)c1ccncc1OC. The molecule has 0 saturated carbocycles. The molecule has 1 atom stereocenters. The van der Waals surface area contributed by atoms with Gasteiger partial charge in [-0.05, 0) is 13.0 Å². The third-order valence-corrected chi connectivity index (χ3v) is 2.98. The molecule has 0 saturated heterocycles. The summed E-state index contributed by atoms with van der Waals surface area (Å²) in [4.78, 5) is 8.36. The van der Waals surface area contributed by atoms with Crippen molar-refractivity contribution in [3.8, 4) is 5.75 Å². The number of hydrogen-bond acceptors (Lipinski definition) is 4. The molecule has 5 heteroatoms. The van der Waals surface area contributed by atoms with E-state index < -0.39 is 0 Å². The van der Waals surface area contributed by atoms with Crippen LogP contribution in [0.15, 0.2) is 30.9 Å². The predicted octanol–water partition coefficient (Wildman–Crippen LogP) is 1.55. The molecule has 2 N–H and O–H groups in total. The van der Waals surface area contributed by atoms with Crippen LogP contribution in [0.1, 0.15) is 24.4 Å². The van der Waals surface area contributed by atoms with Crippen molar-refractivity contribution in [2.45, 2.75) is 25.9 Å². The van der Waals surface area contributed by atoms with E-state index in [1.807, 2.05) is 12.3 Å². The summed E-state index contributed by atoms with van der Waals surface area (Å²) in [6, 6.07) is 1.75. The molecule has 18 heavy (non-hydrogen) atoms. The summed E-state index contributed by atoms with van der Waals surface area (Å²) in [5, 5.41) is 0. The third-order valence-electron chi connectivity index (χ3n) is 2.98. The second kappa shape index (κ2) is 5.64. The minimum Gasteiger partial charge on any atom is -0.495 e. The second-order valence-corrected chi connectivity index (χ2v) is 4.06. The molecule has 0 fully saturated rings. The second-order valence-electron chi connectivity index (χ2n) is 4.06. The van der Waals surface area contributed by atoms with Gasteiger partial charge in [0.05, 0.1) is 13.3 Å². The summed E-state index contributed by atoms with van der Waals surface area (Å²) < 4.78 is 7.36. The Morgan fingerprint density at radius 2 is 2.28 bits per heavy atom. The monoisotopic (exact) mass is 246 g/mol. The van der Waals surface area contributed by atoms with E-state index in [0.717, 1.165) is 23.7 Å². The van der Waals surface area contributed by atoms with Crippen LogP contribution in [-0.2, 0) is 13.0 Å². The van der Waals surface area contributed by atoms with E-state index in [2.05, 4.69) is 21.5 Å². The van der Waals surface area contributed by atoms with Gasteiger partial charge in [-0.25, -0.2) is 4.98 Å². The number of aryl methyl sites for hydroxylation is 1. The van der Waals surface area contributed by atoms with Crippen LogP contribution in [-0.4, -0.2) is 21.6 Å². The van der Waals surface area contributed by atoms with E-state index in [4.69, 9.17) is 10.5 Å². The maximum Gasteiger partial charge on any atom is 0.141 e. The van der Waals surface area contributed by atoms with Crippen molar-refractivity contribution in [2.24, 2.45) is 5.73 Å². The highest BCUT2D eigenvalue weighted by atomic mass is 16.5. The molecule has 2 heterocycles. The summed E-state index contributed by atoms with van der Waals surface area (Å²) in [6.45, 7) is 2.99. The predicted molar refractivity (Wildman–Crippen MR) is 69.3 cm³/mol. The van der Waals surface area contributed by atoms with Crippen molar-refractivity contribution in [1.82, 2.24) is 14.5 Å². The lowest BCUT2D eigenvalue weighted by Gasteiger charge is -2.15. The van der Waals surface area contributed by atoms with Crippen LogP contribution in [0.3, 0.4) is 0 Å². The Labute approximate surface area is 107 Å². The Morgan fingerprint density at radius 3 is 3.00 bits per heavy atom. The number of hydrogen-bond donors (Lipinski definition) is 1. The molecular formula is C13H18N4O. The molecule has 0 aromatic carbocycles. The standard InChI is InChI=1S/C13H18N4O/c1-3-17-7-6-16-13(17)8-11(14)10-4-5-15-9-12(10)18-2/h4-7,9,11H,3,8,14H2,1-2H3. The van der Waals surface area contributed by atoms with Crippen molar-refractivity contribution in [2.75, 3.05) is 7.11 Å². The van der Waals surface area contributed by atoms with E-state index in [0.29, 0.717) is 6.42 Å². The zero-order chi connectivity index (χ0) is 13.0. The first-order valence-corrected chi connectivity index (χ1v) is 5.99. The van der Waals surface area contributed by atoms with Crippen LogP contribution in [0, 0.1) is 0 Å². The number of rotatable bonds is 5.